The summed E-state index contributed by atoms with van der Waals surface area (Å²) in [7, 11) is 0. The normalized spacial score (nSPS) is 10.3. The molecule has 122 valence electrons. The molecule has 2 rings (SSSR count). The van der Waals surface area contributed by atoms with Crippen LogP contribution in [0.5, 0.6) is 0 Å². The van der Waals surface area contributed by atoms with Gasteiger partial charge in [-0.3, -0.25) is 20.4 Å². The Balaban J connectivity index is 1.70. The minimum absolute atomic E-state index is 0.123. The van der Waals surface area contributed by atoms with Gasteiger partial charge in [-0.15, -0.1) is 10.2 Å². The molecule has 2 aromatic rings. The zero-order chi connectivity index (χ0) is 16.7. The predicted octanol–water partition coefficient (Wildman–Crippen LogP) is 2.35. The molecule has 0 bridgehead atoms. The van der Waals surface area contributed by atoms with Crippen LogP contribution in [0, 0.1) is 0 Å². The van der Waals surface area contributed by atoms with Crippen molar-refractivity contribution >= 4 is 46.7 Å². The minimum Gasteiger partial charge on any atom is -0.459 e. The number of rotatable bonds is 7. The molecule has 2 aromatic heterocycles. The van der Waals surface area contributed by atoms with Crippen LogP contribution in [0.25, 0.3) is 0 Å². The molecule has 7 nitrogen and oxygen atoms in total. The van der Waals surface area contributed by atoms with Crippen LogP contribution >= 0.6 is 34.9 Å². The van der Waals surface area contributed by atoms with E-state index in [9.17, 15) is 9.59 Å². The molecule has 0 aliphatic heterocycles. The number of amides is 2. The largest absolute Gasteiger partial charge is 0.459 e. The zero-order valence-corrected chi connectivity index (χ0v) is 14.6. The number of nitrogens with one attached hydrogen (secondary N) is 2. The van der Waals surface area contributed by atoms with E-state index in [-0.39, 0.29) is 17.4 Å². The Kier molecular flexibility index (Phi) is 6.68. The molecule has 0 saturated carbocycles. The van der Waals surface area contributed by atoms with Gasteiger partial charge >= 0.3 is 5.91 Å². The quantitative estimate of drug-likeness (QED) is 0.439. The lowest BCUT2D eigenvalue weighted by molar-refractivity contribution is -0.119. The van der Waals surface area contributed by atoms with Crippen molar-refractivity contribution in [3.8, 4) is 0 Å². The Morgan fingerprint density at radius 1 is 1.26 bits per heavy atom. The molecule has 10 heteroatoms. The van der Waals surface area contributed by atoms with Crippen LogP contribution in [0.4, 0.5) is 0 Å². The van der Waals surface area contributed by atoms with Gasteiger partial charge in [0, 0.05) is 5.75 Å². The highest BCUT2D eigenvalue weighted by atomic mass is 32.2. The Morgan fingerprint density at radius 2 is 1.96 bits per heavy atom. The van der Waals surface area contributed by atoms with Crippen LogP contribution in [-0.2, 0) is 4.79 Å². The smallest absolute Gasteiger partial charge is 0.305 e. The fourth-order valence-electron chi connectivity index (χ4n) is 1.26. The highest BCUT2D eigenvalue weighted by Crippen LogP contribution is 2.29. The van der Waals surface area contributed by atoms with E-state index in [2.05, 4.69) is 27.6 Å². The van der Waals surface area contributed by atoms with Gasteiger partial charge < -0.3 is 4.42 Å². The lowest BCUT2D eigenvalue weighted by Gasteiger charge is -2.04. The monoisotopic (exact) mass is 370 g/mol. The summed E-state index contributed by atoms with van der Waals surface area (Å²) in [6.07, 6.45) is 1.38. The van der Waals surface area contributed by atoms with E-state index < -0.39 is 5.91 Å². The summed E-state index contributed by atoms with van der Waals surface area (Å²) in [5.41, 5.74) is 5.64. The summed E-state index contributed by atoms with van der Waals surface area (Å²) < 4.78 is 6.44. The molecule has 0 spiro atoms. The van der Waals surface area contributed by atoms with E-state index in [1.165, 1.54) is 35.4 Å². The first kappa shape index (κ1) is 17.6. The number of carbonyl (C=O) groups is 2. The number of furan rings is 1. The van der Waals surface area contributed by atoms with E-state index in [0.717, 1.165) is 15.7 Å². The minimum atomic E-state index is -0.511. The van der Waals surface area contributed by atoms with E-state index in [1.54, 1.807) is 17.8 Å². The number of hydrogen-bond donors (Lipinski definition) is 2. The number of carbonyl (C=O) groups excluding carboxylic acids is 2. The van der Waals surface area contributed by atoms with Crippen LogP contribution in [0.2, 0.25) is 0 Å². The molecule has 2 N–H and O–H groups in total. The summed E-state index contributed by atoms with van der Waals surface area (Å²) >= 11 is 4.23. The first-order valence-corrected chi connectivity index (χ1v) is 9.19. The number of aromatic nitrogens is 2. The Bertz CT molecular complexity index is 684. The van der Waals surface area contributed by atoms with Crippen molar-refractivity contribution in [3.63, 3.8) is 0 Å². The summed E-state index contributed by atoms with van der Waals surface area (Å²) in [5.74, 6) is 0.182. The van der Waals surface area contributed by atoms with Crippen LogP contribution in [-0.4, -0.2) is 33.5 Å². The van der Waals surface area contributed by atoms with Gasteiger partial charge in [0.05, 0.1) is 12.0 Å². The lowest BCUT2D eigenvalue weighted by Crippen LogP contribution is -2.42. The van der Waals surface area contributed by atoms with Crippen molar-refractivity contribution in [3.05, 3.63) is 36.3 Å². The highest BCUT2D eigenvalue weighted by Gasteiger charge is 2.11. The maximum Gasteiger partial charge on any atom is 0.305 e. The van der Waals surface area contributed by atoms with Gasteiger partial charge in [-0.1, -0.05) is 47.0 Å². The molecule has 0 fully saturated rings. The summed E-state index contributed by atoms with van der Waals surface area (Å²) in [6.45, 7) is 5.78. The van der Waals surface area contributed by atoms with E-state index in [4.69, 9.17) is 4.42 Å². The number of thioether (sulfide) groups is 2. The SMILES string of the molecule is C=C(C)CSc1nnc(SCC(=O)NNC(=O)c2ccco2)s1. The molecule has 23 heavy (non-hydrogen) atoms. The maximum atomic E-state index is 11.7. The van der Waals surface area contributed by atoms with Crippen molar-refractivity contribution < 1.29 is 14.0 Å². The zero-order valence-electron chi connectivity index (χ0n) is 12.2. The lowest BCUT2D eigenvalue weighted by atomic mass is 10.4. The van der Waals surface area contributed by atoms with Crippen molar-refractivity contribution in [1.82, 2.24) is 21.0 Å². The van der Waals surface area contributed by atoms with Crippen LogP contribution < -0.4 is 10.9 Å². The van der Waals surface area contributed by atoms with Crippen molar-refractivity contribution in [2.75, 3.05) is 11.5 Å². The first-order chi connectivity index (χ1) is 11.0. The summed E-state index contributed by atoms with van der Waals surface area (Å²) in [6, 6.07) is 3.09. The van der Waals surface area contributed by atoms with Crippen molar-refractivity contribution in [2.45, 2.75) is 15.6 Å². The molecule has 0 aromatic carbocycles. The van der Waals surface area contributed by atoms with Gasteiger partial charge in [-0.2, -0.15) is 0 Å². The predicted molar refractivity (Wildman–Crippen MR) is 90.5 cm³/mol. The third kappa shape index (κ3) is 6.08. The third-order valence-corrected chi connectivity index (χ3v) is 5.64. The van der Waals surface area contributed by atoms with Crippen LogP contribution in [0.15, 0.2) is 43.6 Å². The maximum absolute atomic E-state index is 11.7. The summed E-state index contributed by atoms with van der Waals surface area (Å²) in [4.78, 5) is 23.2. The molecular formula is C13H14N4O3S3. The fraction of sp³-hybridized carbons (Fsp3) is 0.231. The highest BCUT2D eigenvalue weighted by molar-refractivity contribution is 8.03. The van der Waals surface area contributed by atoms with Crippen LogP contribution in [0.3, 0.4) is 0 Å². The second-order valence-electron chi connectivity index (χ2n) is 4.35. The Hall–Kier alpha value is -1.78. The molecule has 0 aliphatic carbocycles. The molecule has 2 amide bonds. The molecule has 0 radical (unpaired) electrons. The van der Waals surface area contributed by atoms with Gasteiger partial charge in [0.1, 0.15) is 0 Å². The number of nitrogens with zero attached hydrogens (tertiary/aromatic N) is 2. The van der Waals surface area contributed by atoms with Gasteiger partial charge in [-0.25, -0.2) is 0 Å². The van der Waals surface area contributed by atoms with Gasteiger partial charge in [0.2, 0.25) is 5.91 Å². The van der Waals surface area contributed by atoms with Crippen LogP contribution in [0.1, 0.15) is 17.5 Å². The Morgan fingerprint density at radius 3 is 2.57 bits per heavy atom. The second kappa shape index (κ2) is 8.75. The fourth-order valence-corrected chi connectivity index (χ4v) is 3.92. The number of hydrogen-bond acceptors (Lipinski definition) is 8. The first-order valence-electron chi connectivity index (χ1n) is 6.41. The van der Waals surface area contributed by atoms with Gasteiger partial charge in [-0.05, 0) is 19.1 Å². The molecule has 0 aliphatic rings. The third-order valence-electron chi connectivity index (χ3n) is 2.22. The average Bonchev–Trinajstić information content (AvgIpc) is 3.19. The summed E-state index contributed by atoms with van der Waals surface area (Å²) in [5, 5.41) is 8.03. The van der Waals surface area contributed by atoms with E-state index in [1.807, 2.05) is 6.92 Å². The Labute approximate surface area is 145 Å². The standard InChI is InChI=1S/C13H14N4O3S3/c1-8(2)6-21-12-16-17-13(23-12)22-7-10(18)14-15-11(19)9-4-3-5-20-9/h3-5H,1,6-7H2,2H3,(H,14,18)(H,15,19). The topological polar surface area (TPSA) is 97.1 Å². The molecular weight excluding hydrogens is 356 g/mol. The molecule has 2 heterocycles. The van der Waals surface area contributed by atoms with Gasteiger partial charge in [0.15, 0.2) is 14.4 Å². The average molecular weight is 370 g/mol. The molecule has 0 atom stereocenters. The molecule has 0 unspecified atom stereocenters. The van der Waals surface area contributed by atoms with E-state index in [0.29, 0.717) is 4.34 Å². The second-order valence-corrected chi connectivity index (χ2v) is 7.77. The van der Waals surface area contributed by atoms with Crippen molar-refractivity contribution in [1.29, 1.82) is 0 Å². The number of hydrazine groups is 1. The van der Waals surface area contributed by atoms with E-state index >= 15 is 0 Å². The van der Waals surface area contributed by atoms with Gasteiger partial charge in [0.25, 0.3) is 0 Å². The molecule has 0 saturated heterocycles. The van der Waals surface area contributed by atoms with Crippen molar-refractivity contribution in [2.24, 2.45) is 0 Å².